The molecule has 1 rings (SSSR count). The van der Waals surface area contributed by atoms with Crippen LogP contribution in [0.5, 0.6) is 0 Å². The highest BCUT2D eigenvalue weighted by atomic mass is 16.5. The molecule has 0 amide bonds. The number of carbonyl (C=O) groups excluding carboxylic acids is 2. The van der Waals surface area contributed by atoms with Crippen molar-refractivity contribution in [3.63, 3.8) is 0 Å². The molecule has 1 saturated heterocycles. The number of likely N-dealkylation sites (tertiary alicyclic amines) is 1. The molecule has 1 atom stereocenters. The van der Waals surface area contributed by atoms with Crippen molar-refractivity contribution in [2.75, 3.05) is 19.7 Å². The van der Waals surface area contributed by atoms with Crippen molar-refractivity contribution in [1.82, 2.24) is 4.90 Å². The zero-order valence-electron chi connectivity index (χ0n) is 10.6. The van der Waals surface area contributed by atoms with Gasteiger partial charge in [0.25, 0.3) is 0 Å². The number of hydrogen-bond donors (Lipinski definition) is 0. The smallest absolute Gasteiger partial charge is 0.316 e. The molecule has 0 spiro atoms. The zero-order chi connectivity index (χ0) is 12.3. The summed E-state index contributed by atoms with van der Waals surface area (Å²) < 4.78 is 4.89. The van der Waals surface area contributed by atoms with Gasteiger partial charge in [0.2, 0.25) is 0 Å². The summed E-state index contributed by atoms with van der Waals surface area (Å²) in [4.78, 5) is 25.4. The van der Waals surface area contributed by atoms with Gasteiger partial charge in [-0.1, -0.05) is 0 Å². The molecule has 1 aliphatic rings. The van der Waals surface area contributed by atoms with E-state index in [0.717, 1.165) is 6.54 Å². The molecule has 1 heterocycles. The van der Waals surface area contributed by atoms with Crippen molar-refractivity contribution >= 4 is 11.8 Å². The number of hydrogen-bond acceptors (Lipinski definition) is 4. The van der Waals surface area contributed by atoms with E-state index in [-0.39, 0.29) is 17.3 Å². The summed E-state index contributed by atoms with van der Waals surface area (Å²) >= 11 is 0. The highest BCUT2D eigenvalue weighted by molar-refractivity contribution is 6.00. The second kappa shape index (κ2) is 4.95. The van der Waals surface area contributed by atoms with E-state index < -0.39 is 5.92 Å². The first kappa shape index (κ1) is 13.2. The lowest BCUT2D eigenvalue weighted by molar-refractivity contribution is -0.154. The minimum Gasteiger partial charge on any atom is -0.465 e. The van der Waals surface area contributed by atoms with Crippen LogP contribution in [0.25, 0.3) is 0 Å². The van der Waals surface area contributed by atoms with Crippen molar-refractivity contribution in [2.45, 2.75) is 39.7 Å². The van der Waals surface area contributed by atoms with Crippen LogP contribution in [-0.2, 0) is 14.3 Å². The monoisotopic (exact) mass is 227 g/mol. The Morgan fingerprint density at radius 1 is 1.50 bits per heavy atom. The summed E-state index contributed by atoms with van der Waals surface area (Å²) in [7, 11) is 0. The van der Waals surface area contributed by atoms with E-state index in [0.29, 0.717) is 19.6 Å². The fourth-order valence-corrected chi connectivity index (χ4v) is 1.89. The van der Waals surface area contributed by atoms with Gasteiger partial charge in [0, 0.05) is 12.1 Å². The molecule has 4 heteroatoms. The standard InChI is InChI=1S/C12H21NO3/c1-5-16-11(15)9-6-7-13(8-10(9)14)12(2,3)4/h9H,5-8H2,1-4H3. The number of esters is 1. The molecule has 0 aliphatic carbocycles. The van der Waals surface area contributed by atoms with Crippen LogP contribution in [0.4, 0.5) is 0 Å². The molecule has 4 nitrogen and oxygen atoms in total. The average Bonchev–Trinajstić information content (AvgIpc) is 2.16. The summed E-state index contributed by atoms with van der Waals surface area (Å²) in [6.07, 6.45) is 0.578. The van der Waals surface area contributed by atoms with E-state index in [2.05, 4.69) is 25.7 Å². The lowest BCUT2D eigenvalue weighted by Crippen LogP contribution is -2.51. The molecule has 0 aromatic rings. The Bertz CT molecular complexity index is 280. The van der Waals surface area contributed by atoms with Crippen LogP contribution in [-0.4, -0.2) is 41.9 Å². The average molecular weight is 227 g/mol. The predicted molar refractivity (Wildman–Crippen MR) is 61.1 cm³/mol. The maximum absolute atomic E-state index is 11.8. The first-order chi connectivity index (χ1) is 7.36. The Labute approximate surface area is 96.9 Å². The molecule has 0 aromatic heterocycles. The normalized spacial score (nSPS) is 23.2. The molecule has 92 valence electrons. The Morgan fingerprint density at radius 2 is 2.12 bits per heavy atom. The van der Waals surface area contributed by atoms with E-state index in [9.17, 15) is 9.59 Å². The largest absolute Gasteiger partial charge is 0.465 e. The number of ketones is 1. The van der Waals surface area contributed by atoms with Crippen molar-refractivity contribution in [2.24, 2.45) is 5.92 Å². The minimum atomic E-state index is -0.543. The highest BCUT2D eigenvalue weighted by Crippen LogP contribution is 2.22. The summed E-state index contributed by atoms with van der Waals surface area (Å²) in [5, 5.41) is 0. The molecule has 0 N–H and O–H groups in total. The fourth-order valence-electron chi connectivity index (χ4n) is 1.89. The fraction of sp³-hybridized carbons (Fsp3) is 0.833. The third kappa shape index (κ3) is 3.04. The third-order valence-corrected chi connectivity index (χ3v) is 2.94. The van der Waals surface area contributed by atoms with Crippen molar-refractivity contribution < 1.29 is 14.3 Å². The molecular weight excluding hydrogens is 206 g/mol. The molecule has 1 fully saturated rings. The SMILES string of the molecule is CCOC(=O)C1CCN(C(C)(C)C)CC1=O. The van der Waals surface area contributed by atoms with Crippen LogP contribution < -0.4 is 0 Å². The van der Waals surface area contributed by atoms with Gasteiger partial charge in [0.15, 0.2) is 5.78 Å². The summed E-state index contributed by atoms with van der Waals surface area (Å²) in [5.74, 6) is -0.917. The summed E-state index contributed by atoms with van der Waals surface area (Å²) in [5.41, 5.74) is -0.0186. The highest BCUT2D eigenvalue weighted by Gasteiger charge is 2.36. The molecule has 0 saturated carbocycles. The summed E-state index contributed by atoms with van der Waals surface area (Å²) in [6.45, 7) is 9.45. The van der Waals surface area contributed by atoms with Gasteiger partial charge >= 0.3 is 5.97 Å². The number of Topliss-reactive ketones (excluding diaryl/α,β-unsaturated/α-hetero) is 1. The van der Waals surface area contributed by atoms with Crippen LogP contribution in [0.15, 0.2) is 0 Å². The number of ether oxygens (including phenoxy) is 1. The van der Waals surface area contributed by atoms with Gasteiger partial charge in [-0.15, -0.1) is 0 Å². The number of carbonyl (C=O) groups is 2. The van der Waals surface area contributed by atoms with Gasteiger partial charge < -0.3 is 4.74 Å². The molecule has 0 bridgehead atoms. The van der Waals surface area contributed by atoms with Crippen LogP contribution >= 0.6 is 0 Å². The van der Waals surface area contributed by atoms with Crippen molar-refractivity contribution in [3.8, 4) is 0 Å². The second-order valence-corrected chi connectivity index (χ2v) is 5.15. The topological polar surface area (TPSA) is 46.6 Å². The molecule has 1 unspecified atom stereocenters. The minimum absolute atomic E-state index is 0.0142. The quantitative estimate of drug-likeness (QED) is 0.526. The second-order valence-electron chi connectivity index (χ2n) is 5.15. The van der Waals surface area contributed by atoms with E-state index in [1.165, 1.54) is 0 Å². The maximum atomic E-state index is 11.8. The van der Waals surface area contributed by atoms with Gasteiger partial charge in [0.1, 0.15) is 5.92 Å². The lowest BCUT2D eigenvalue weighted by atomic mass is 9.92. The first-order valence-electron chi connectivity index (χ1n) is 5.80. The summed E-state index contributed by atoms with van der Waals surface area (Å²) in [6, 6.07) is 0. The zero-order valence-corrected chi connectivity index (χ0v) is 10.6. The van der Waals surface area contributed by atoms with Gasteiger partial charge in [-0.25, -0.2) is 0 Å². The van der Waals surface area contributed by atoms with Crippen LogP contribution in [0.2, 0.25) is 0 Å². The van der Waals surface area contributed by atoms with Crippen LogP contribution in [0, 0.1) is 5.92 Å². The van der Waals surface area contributed by atoms with E-state index >= 15 is 0 Å². The van der Waals surface area contributed by atoms with Gasteiger partial charge in [-0.3, -0.25) is 14.5 Å². The molecule has 1 aliphatic heterocycles. The predicted octanol–water partition coefficient (Wildman–Crippen LogP) is 1.24. The Balaban J connectivity index is 2.59. The van der Waals surface area contributed by atoms with E-state index in [4.69, 9.17) is 4.74 Å². The van der Waals surface area contributed by atoms with Crippen molar-refractivity contribution in [1.29, 1.82) is 0 Å². The van der Waals surface area contributed by atoms with Gasteiger partial charge in [-0.2, -0.15) is 0 Å². The molecular formula is C12H21NO3. The molecule has 0 aromatic carbocycles. The number of nitrogens with zero attached hydrogens (tertiary/aromatic N) is 1. The number of rotatable bonds is 2. The number of piperidine rings is 1. The Hall–Kier alpha value is -0.900. The molecule has 0 radical (unpaired) electrons. The van der Waals surface area contributed by atoms with E-state index in [1.54, 1.807) is 6.92 Å². The first-order valence-corrected chi connectivity index (χ1v) is 5.80. The van der Waals surface area contributed by atoms with Crippen LogP contribution in [0.1, 0.15) is 34.1 Å². The van der Waals surface area contributed by atoms with E-state index in [1.807, 2.05) is 0 Å². The Kier molecular flexibility index (Phi) is 4.08. The molecule has 16 heavy (non-hydrogen) atoms. The maximum Gasteiger partial charge on any atom is 0.316 e. The van der Waals surface area contributed by atoms with Crippen molar-refractivity contribution in [3.05, 3.63) is 0 Å². The van der Waals surface area contributed by atoms with Crippen LogP contribution in [0.3, 0.4) is 0 Å². The Morgan fingerprint density at radius 3 is 2.56 bits per heavy atom. The van der Waals surface area contributed by atoms with Gasteiger partial charge in [-0.05, 0) is 34.1 Å². The van der Waals surface area contributed by atoms with Gasteiger partial charge in [0.05, 0.1) is 13.2 Å². The lowest BCUT2D eigenvalue weighted by Gasteiger charge is -2.39. The third-order valence-electron chi connectivity index (χ3n) is 2.94.